The van der Waals surface area contributed by atoms with Gasteiger partial charge in [0, 0.05) is 23.6 Å². The SMILES string of the molecule is O=C(CSCc1ccc([N+](=O)[O-])cc1)Nc1nnc(SCc2ccccc2)s1. The quantitative estimate of drug-likeness (QED) is 0.228. The summed E-state index contributed by atoms with van der Waals surface area (Å²) < 4.78 is 0.803. The van der Waals surface area contributed by atoms with Crippen molar-refractivity contribution in [3.8, 4) is 0 Å². The fraction of sp³-hybridized carbons (Fsp3) is 0.167. The van der Waals surface area contributed by atoms with Crippen LogP contribution in [0.1, 0.15) is 11.1 Å². The molecule has 28 heavy (non-hydrogen) atoms. The highest BCUT2D eigenvalue weighted by Crippen LogP contribution is 2.28. The summed E-state index contributed by atoms with van der Waals surface area (Å²) in [5.74, 6) is 1.51. The van der Waals surface area contributed by atoms with Gasteiger partial charge in [-0.15, -0.1) is 22.0 Å². The number of benzene rings is 2. The number of nitrogens with one attached hydrogen (secondary N) is 1. The van der Waals surface area contributed by atoms with Crippen molar-refractivity contribution >= 4 is 51.6 Å². The van der Waals surface area contributed by atoms with Crippen LogP contribution in [-0.4, -0.2) is 26.8 Å². The van der Waals surface area contributed by atoms with Crippen LogP contribution in [0, 0.1) is 10.1 Å². The highest BCUT2D eigenvalue weighted by atomic mass is 32.2. The van der Waals surface area contributed by atoms with Gasteiger partial charge in [0.2, 0.25) is 11.0 Å². The molecule has 1 heterocycles. The molecule has 1 N–H and O–H groups in total. The largest absolute Gasteiger partial charge is 0.300 e. The van der Waals surface area contributed by atoms with E-state index < -0.39 is 4.92 Å². The number of rotatable bonds is 9. The smallest absolute Gasteiger partial charge is 0.269 e. The second-order valence-corrected chi connectivity index (χ2v) is 8.80. The molecule has 2 aromatic carbocycles. The summed E-state index contributed by atoms with van der Waals surface area (Å²) in [6.45, 7) is 0. The molecule has 7 nitrogen and oxygen atoms in total. The van der Waals surface area contributed by atoms with Crippen LogP contribution in [0.4, 0.5) is 10.8 Å². The first-order valence-electron chi connectivity index (χ1n) is 8.21. The van der Waals surface area contributed by atoms with Crippen LogP contribution in [0.3, 0.4) is 0 Å². The average molecular weight is 433 g/mol. The maximum atomic E-state index is 12.0. The van der Waals surface area contributed by atoms with Crippen LogP contribution in [0.2, 0.25) is 0 Å². The van der Waals surface area contributed by atoms with Gasteiger partial charge in [-0.3, -0.25) is 20.2 Å². The lowest BCUT2D eigenvalue weighted by molar-refractivity contribution is -0.384. The predicted octanol–water partition coefficient (Wildman–Crippen LogP) is 4.61. The van der Waals surface area contributed by atoms with Crippen LogP contribution in [0.25, 0.3) is 0 Å². The van der Waals surface area contributed by atoms with E-state index >= 15 is 0 Å². The lowest BCUT2D eigenvalue weighted by Crippen LogP contribution is -2.13. The van der Waals surface area contributed by atoms with E-state index in [1.807, 2.05) is 18.2 Å². The topological polar surface area (TPSA) is 98.0 Å². The minimum Gasteiger partial charge on any atom is -0.300 e. The number of non-ortho nitro benzene ring substituents is 1. The van der Waals surface area contributed by atoms with E-state index in [2.05, 4.69) is 27.6 Å². The first-order chi connectivity index (χ1) is 13.6. The fourth-order valence-electron chi connectivity index (χ4n) is 2.17. The maximum Gasteiger partial charge on any atom is 0.269 e. The standard InChI is InChI=1S/C18H16N4O3S3/c23-16(12-26-10-14-6-8-15(9-7-14)22(24)25)19-17-20-21-18(28-17)27-11-13-4-2-1-3-5-13/h1-9H,10-12H2,(H,19,20,23). The van der Waals surface area contributed by atoms with E-state index in [0.29, 0.717) is 10.9 Å². The number of amides is 1. The Bertz CT molecular complexity index is 933. The van der Waals surface area contributed by atoms with Crippen molar-refractivity contribution in [2.45, 2.75) is 15.8 Å². The number of nitrogens with zero attached hydrogens (tertiary/aromatic N) is 3. The summed E-state index contributed by atoms with van der Waals surface area (Å²) in [5.41, 5.74) is 2.19. The number of hydrogen-bond acceptors (Lipinski definition) is 8. The molecule has 3 aromatic rings. The Morgan fingerprint density at radius 3 is 2.46 bits per heavy atom. The molecule has 144 valence electrons. The number of thioether (sulfide) groups is 2. The number of anilines is 1. The zero-order valence-electron chi connectivity index (χ0n) is 14.6. The summed E-state index contributed by atoms with van der Waals surface area (Å²) in [4.78, 5) is 22.3. The predicted molar refractivity (Wildman–Crippen MR) is 114 cm³/mol. The number of hydrogen-bond donors (Lipinski definition) is 1. The first-order valence-corrected chi connectivity index (χ1v) is 11.2. The molecule has 0 unspecified atom stereocenters. The van der Waals surface area contributed by atoms with Gasteiger partial charge in [-0.05, 0) is 11.1 Å². The molecule has 10 heteroatoms. The Balaban J connectivity index is 1.40. The number of aromatic nitrogens is 2. The average Bonchev–Trinajstić information content (AvgIpc) is 3.15. The fourth-order valence-corrected chi connectivity index (χ4v) is 4.68. The van der Waals surface area contributed by atoms with E-state index in [9.17, 15) is 14.9 Å². The molecule has 0 saturated heterocycles. The molecule has 0 spiro atoms. The second-order valence-electron chi connectivity index (χ2n) is 5.61. The molecule has 0 saturated carbocycles. The van der Waals surface area contributed by atoms with Gasteiger partial charge in [-0.25, -0.2) is 0 Å². The van der Waals surface area contributed by atoms with Crippen LogP contribution >= 0.6 is 34.9 Å². The third-order valence-electron chi connectivity index (χ3n) is 3.51. The molecule has 0 aliphatic heterocycles. The van der Waals surface area contributed by atoms with Crippen molar-refractivity contribution in [3.63, 3.8) is 0 Å². The van der Waals surface area contributed by atoms with Crippen molar-refractivity contribution in [2.75, 3.05) is 11.1 Å². The number of carbonyl (C=O) groups is 1. The van der Waals surface area contributed by atoms with Crippen LogP contribution < -0.4 is 5.32 Å². The van der Waals surface area contributed by atoms with Gasteiger partial charge in [0.25, 0.3) is 5.69 Å². The molecule has 0 fully saturated rings. The summed E-state index contributed by atoms with van der Waals surface area (Å²) in [6, 6.07) is 16.4. The minimum absolute atomic E-state index is 0.0590. The Kier molecular flexibility index (Phi) is 7.40. The molecule has 0 aliphatic carbocycles. The zero-order chi connectivity index (χ0) is 19.8. The van der Waals surface area contributed by atoms with Gasteiger partial charge >= 0.3 is 0 Å². The molecular weight excluding hydrogens is 416 g/mol. The van der Waals surface area contributed by atoms with Gasteiger partial charge in [0.05, 0.1) is 10.7 Å². The molecule has 0 radical (unpaired) electrons. The highest BCUT2D eigenvalue weighted by Gasteiger charge is 2.10. The van der Waals surface area contributed by atoms with Crippen molar-refractivity contribution in [1.82, 2.24) is 10.2 Å². The van der Waals surface area contributed by atoms with Crippen LogP contribution in [0.5, 0.6) is 0 Å². The Labute approximate surface area is 174 Å². The normalized spacial score (nSPS) is 10.6. The monoisotopic (exact) mass is 432 g/mol. The molecule has 0 bridgehead atoms. The summed E-state index contributed by atoms with van der Waals surface area (Å²) >= 11 is 4.36. The Hall–Kier alpha value is -2.43. The van der Waals surface area contributed by atoms with Gasteiger partial charge < -0.3 is 0 Å². The minimum atomic E-state index is -0.432. The second kappa shape index (κ2) is 10.2. The van der Waals surface area contributed by atoms with Crippen molar-refractivity contribution in [3.05, 3.63) is 75.8 Å². The van der Waals surface area contributed by atoms with Crippen molar-refractivity contribution < 1.29 is 9.72 Å². The summed E-state index contributed by atoms with van der Waals surface area (Å²) in [5, 5.41) is 22.0. The van der Waals surface area contributed by atoms with E-state index in [1.165, 1.54) is 40.8 Å². The van der Waals surface area contributed by atoms with E-state index in [-0.39, 0.29) is 17.3 Å². The van der Waals surface area contributed by atoms with E-state index in [4.69, 9.17) is 0 Å². The van der Waals surface area contributed by atoms with Crippen LogP contribution in [-0.2, 0) is 16.3 Å². The third-order valence-corrected chi connectivity index (χ3v) is 6.55. The lowest BCUT2D eigenvalue weighted by atomic mass is 10.2. The van der Waals surface area contributed by atoms with Gasteiger partial charge in [0.15, 0.2) is 4.34 Å². The molecule has 1 aromatic heterocycles. The zero-order valence-corrected chi connectivity index (χ0v) is 17.1. The van der Waals surface area contributed by atoms with Gasteiger partial charge in [0.1, 0.15) is 0 Å². The number of carbonyl (C=O) groups excluding carboxylic acids is 1. The van der Waals surface area contributed by atoms with Crippen LogP contribution in [0.15, 0.2) is 58.9 Å². The third kappa shape index (κ3) is 6.32. The van der Waals surface area contributed by atoms with Crippen molar-refractivity contribution in [2.24, 2.45) is 0 Å². The Morgan fingerprint density at radius 1 is 1.04 bits per heavy atom. The highest BCUT2D eigenvalue weighted by molar-refractivity contribution is 8.00. The van der Waals surface area contributed by atoms with Crippen molar-refractivity contribution in [1.29, 1.82) is 0 Å². The van der Waals surface area contributed by atoms with E-state index in [1.54, 1.807) is 23.9 Å². The van der Waals surface area contributed by atoms with E-state index in [0.717, 1.165) is 15.7 Å². The summed E-state index contributed by atoms with van der Waals surface area (Å²) in [6.07, 6.45) is 0. The molecule has 3 rings (SSSR count). The molecule has 0 aliphatic rings. The maximum absolute atomic E-state index is 12.0. The first kappa shape index (κ1) is 20.3. The summed E-state index contributed by atoms with van der Waals surface area (Å²) in [7, 11) is 0. The Morgan fingerprint density at radius 2 is 1.75 bits per heavy atom. The number of nitro benzene ring substituents is 1. The lowest BCUT2D eigenvalue weighted by Gasteiger charge is -2.02. The molecule has 1 amide bonds. The van der Waals surface area contributed by atoms with Gasteiger partial charge in [-0.2, -0.15) is 0 Å². The molecule has 0 atom stereocenters. The number of nitro groups is 1. The van der Waals surface area contributed by atoms with Gasteiger partial charge in [-0.1, -0.05) is 65.6 Å². The molecular formula is C18H16N4O3S3.